The number of halogens is 1. The van der Waals surface area contributed by atoms with Crippen LogP contribution < -0.4 is 0 Å². The van der Waals surface area contributed by atoms with E-state index in [0.29, 0.717) is 11.3 Å². The molecule has 102 valence electrons. The maximum absolute atomic E-state index is 13.4. The number of hydrogen-bond donors (Lipinski definition) is 0. The second kappa shape index (κ2) is 5.22. The first-order valence-electron chi connectivity index (χ1n) is 6.51. The lowest BCUT2D eigenvalue weighted by Gasteiger charge is -2.08. The third-order valence-corrected chi connectivity index (χ3v) is 3.28. The Morgan fingerprint density at radius 2 is 1.86 bits per heavy atom. The van der Waals surface area contributed by atoms with Gasteiger partial charge >= 0.3 is 0 Å². The van der Waals surface area contributed by atoms with Crippen molar-refractivity contribution >= 4 is 0 Å². The molecule has 0 bridgehead atoms. The molecule has 3 rings (SSSR count). The van der Waals surface area contributed by atoms with Gasteiger partial charge in [-0.1, -0.05) is 18.2 Å². The Hall–Kier alpha value is -2.93. The number of hydrogen-bond acceptors (Lipinski definition) is 2. The van der Waals surface area contributed by atoms with Crippen LogP contribution in [-0.4, -0.2) is 9.78 Å². The zero-order valence-corrected chi connectivity index (χ0v) is 11.4. The predicted octanol–water partition coefficient (Wildman–Crippen LogP) is 3.86. The first-order chi connectivity index (χ1) is 10.2. The zero-order chi connectivity index (χ0) is 14.8. The average molecular weight is 277 g/mol. The molecule has 2 aromatic carbocycles. The summed E-state index contributed by atoms with van der Waals surface area (Å²) < 4.78 is 15.1. The molecular formula is C17H12FN3. The lowest BCUT2D eigenvalue weighted by Crippen LogP contribution is -1.99. The highest BCUT2D eigenvalue weighted by atomic mass is 19.1. The van der Waals surface area contributed by atoms with Gasteiger partial charge in [0.2, 0.25) is 0 Å². The number of nitrogens with zero attached hydrogens (tertiary/aromatic N) is 3. The molecule has 0 saturated heterocycles. The number of benzene rings is 2. The molecule has 0 atom stereocenters. The van der Waals surface area contributed by atoms with Gasteiger partial charge in [-0.2, -0.15) is 10.4 Å². The van der Waals surface area contributed by atoms with Gasteiger partial charge < -0.3 is 0 Å². The van der Waals surface area contributed by atoms with E-state index in [1.165, 1.54) is 6.07 Å². The van der Waals surface area contributed by atoms with Crippen LogP contribution in [0.1, 0.15) is 11.3 Å². The van der Waals surface area contributed by atoms with Crippen molar-refractivity contribution in [2.75, 3.05) is 0 Å². The average Bonchev–Trinajstić information content (AvgIpc) is 2.95. The van der Waals surface area contributed by atoms with Gasteiger partial charge in [0.1, 0.15) is 11.9 Å². The van der Waals surface area contributed by atoms with E-state index < -0.39 is 0 Å². The summed E-state index contributed by atoms with van der Waals surface area (Å²) in [6.07, 6.45) is 0. The van der Waals surface area contributed by atoms with Gasteiger partial charge in [-0.3, -0.25) is 0 Å². The molecule has 1 heterocycles. The quantitative estimate of drug-likeness (QED) is 0.713. The summed E-state index contributed by atoms with van der Waals surface area (Å²) in [4.78, 5) is 0. The lowest BCUT2D eigenvalue weighted by atomic mass is 10.1. The van der Waals surface area contributed by atoms with Crippen LogP contribution >= 0.6 is 0 Å². The van der Waals surface area contributed by atoms with Crippen LogP contribution in [0.3, 0.4) is 0 Å². The Labute approximate surface area is 121 Å². The Morgan fingerprint density at radius 3 is 2.52 bits per heavy atom. The van der Waals surface area contributed by atoms with Gasteiger partial charge in [0.25, 0.3) is 0 Å². The summed E-state index contributed by atoms with van der Waals surface area (Å²) in [7, 11) is 0. The SMILES string of the molecule is Cc1cc(-c2cc(C#N)nn2-c2ccccc2)ccc1F. The van der Waals surface area contributed by atoms with E-state index in [-0.39, 0.29) is 5.82 Å². The third-order valence-electron chi connectivity index (χ3n) is 3.28. The monoisotopic (exact) mass is 277 g/mol. The minimum Gasteiger partial charge on any atom is -0.232 e. The number of aromatic nitrogens is 2. The molecule has 0 aliphatic carbocycles. The highest BCUT2D eigenvalue weighted by Crippen LogP contribution is 2.25. The van der Waals surface area contributed by atoms with Crippen LogP contribution in [0.2, 0.25) is 0 Å². The second-order valence-corrected chi connectivity index (χ2v) is 4.74. The van der Waals surface area contributed by atoms with Gasteiger partial charge in [0.15, 0.2) is 5.69 Å². The van der Waals surface area contributed by atoms with Crippen LogP contribution in [-0.2, 0) is 0 Å². The minimum atomic E-state index is -0.245. The summed E-state index contributed by atoms with van der Waals surface area (Å²) in [5.41, 5.74) is 3.34. The van der Waals surface area contributed by atoms with Gasteiger partial charge in [0.05, 0.1) is 11.4 Å². The molecule has 0 fully saturated rings. The molecule has 21 heavy (non-hydrogen) atoms. The van der Waals surface area contributed by atoms with Crippen molar-refractivity contribution in [2.24, 2.45) is 0 Å². The molecule has 0 radical (unpaired) electrons. The van der Waals surface area contributed by atoms with E-state index >= 15 is 0 Å². The van der Waals surface area contributed by atoms with Crippen LogP contribution in [0.15, 0.2) is 54.6 Å². The fraction of sp³-hybridized carbons (Fsp3) is 0.0588. The smallest absolute Gasteiger partial charge is 0.163 e. The summed E-state index contributed by atoms with van der Waals surface area (Å²) in [6, 6.07) is 18.2. The minimum absolute atomic E-state index is 0.245. The number of para-hydroxylation sites is 1. The first-order valence-corrected chi connectivity index (χ1v) is 6.51. The van der Waals surface area contributed by atoms with E-state index in [1.807, 2.05) is 36.4 Å². The van der Waals surface area contributed by atoms with Crippen LogP contribution in [0.25, 0.3) is 16.9 Å². The molecule has 3 nitrogen and oxygen atoms in total. The standard InChI is InChI=1S/C17H12FN3/c1-12-9-13(7-8-16(12)18)17-10-14(11-19)20-21(17)15-5-3-2-4-6-15/h2-10H,1H3. The summed E-state index contributed by atoms with van der Waals surface area (Å²) >= 11 is 0. The van der Waals surface area contributed by atoms with Crippen molar-refractivity contribution in [1.29, 1.82) is 5.26 Å². The fourth-order valence-corrected chi connectivity index (χ4v) is 2.21. The van der Waals surface area contributed by atoms with E-state index in [1.54, 1.807) is 29.8 Å². The van der Waals surface area contributed by atoms with Crippen molar-refractivity contribution in [3.63, 3.8) is 0 Å². The van der Waals surface area contributed by atoms with Crippen molar-refractivity contribution < 1.29 is 4.39 Å². The van der Waals surface area contributed by atoms with E-state index in [0.717, 1.165) is 16.9 Å². The molecule has 0 aliphatic heterocycles. The largest absolute Gasteiger partial charge is 0.232 e. The highest BCUT2D eigenvalue weighted by molar-refractivity contribution is 5.64. The second-order valence-electron chi connectivity index (χ2n) is 4.74. The molecule has 0 aliphatic rings. The molecule has 0 N–H and O–H groups in total. The number of nitriles is 1. The molecule has 1 aromatic heterocycles. The van der Waals surface area contributed by atoms with Gasteiger partial charge in [-0.25, -0.2) is 9.07 Å². The molecule has 3 aromatic rings. The van der Waals surface area contributed by atoms with Crippen molar-refractivity contribution in [3.05, 3.63) is 71.7 Å². The highest BCUT2D eigenvalue weighted by Gasteiger charge is 2.12. The maximum Gasteiger partial charge on any atom is 0.163 e. The van der Waals surface area contributed by atoms with Gasteiger partial charge in [-0.05, 0) is 42.8 Å². The van der Waals surface area contributed by atoms with Gasteiger partial charge in [0, 0.05) is 11.6 Å². The normalized spacial score (nSPS) is 10.3. The van der Waals surface area contributed by atoms with Crippen molar-refractivity contribution in [3.8, 4) is 23.0 Å². The van der Waals surface area contributed by atoms with E-state index in [2.05, 4.69) is 5.10 Å². The molecule has 0 unspecified atom stereocenters. The lowest BCUT2D eigenvalue weighted by molar-refractivity contribution is 0.618. The Kier molecular flexibility index (Phi) is 3.25. The Morgan fingerprint density at radius 1 is 1.10 bits per heavy atom. The van der Waals surface area contributed by atoms with E-state index in [9.17, 15) is 4.39 Å². The van der Waals surface area contributed by atoms with Crippen molar-refractivity contribution in [2.45, 2.75) is 6.92 Å². The Bertz CT molecular complexity index is 829. The molecule has 4 heteroatoms. The molecular weight excluding hydrogens is 265 g/mol. The molecule has 0 spiro atoms. The maximum atomic E-state index is 13.4. The third kappa shape index (κ3) is 2.41. The summed E-state index contributed by atoms with van der Waals surface area (Å²) in [5.74, 6) is -0.245. The van der Waals surface area contributed by atoms with Crippen LogP contribution in [0, 0.1) is 24.1 Å². The topological polar surface area (TPSA) is 41.6 Å². The predicted molar refractivity (Wildman–Crippen MR) is 78.4 cm³/mol. The summed E-state index contributed by atoms with van der Waals surface area (Å²) in [5, 5.41) is 13.4. The number of rotatable bonds is 2. The van der Waals surface area contributed by atoms with Gasteiger partial charge in [-0.15, -0.1) is 0 Å². The molecule has 0 saturated carbocycles. The summed E-state index contributed by atoms with van der Waals surface area (Å²) in [6.45, 7) is 1.72. The zero-order valence-electron chi connectivity index (χ0n) is 11.4. The molecule has 0 amide bonds. The van der Waals surface area contributed by atoms with Crippen LogP contribution in [0.4, 0.5) is 4.39 Å². The fourth-order valence-electron chi connectivity index (χ4n) is 2.21. The Balaban J connectivity index is 2.20. The number of aryl methyl sites for hydroxylation is 1. The van der Waals surface area contributed by atoms with Crippen LogP contribution in [0.5, 0.6) is 0 Å². The van der Waals surface area contributed by atoms with Crippen molar-refractivity contribution in [1.82, 2.24) is 9.78 Å². The van der Waals surface area contributed by atoms with E-state index in [4.69, 9.17) is 5.26 Å². The first kappa shape index (κ1) is 13.1.